The molecule has 0 aliphatic rings. The molecule has 5 heteroatoms. The van der Waals surface area contributed by atoms with Gasteiger partial charge in [0.1, 0.15) is 5.82 Å². The van der Waals surface area contributed by atoms with Crippen molar-refractivity contribution in [2.75, 3.05) is 18.4 Å². The summed E-state index contributed by atoms with van der Waals surface area (Å²) in [4.78, 5) is 7.02. The first-order chi connectivity index (χ1) is 8.71. The summed E-state index contributed by atoms with van der Waals surface area (Å²) < 4.78 is 4.41. The van der Waals surface area contributed by atoms with Crippen LogP contribution in [0.1, 0.15) is 54.3 Å². The molecule has 0 atom stereocenters. The van der Waals surface area contributed by atoms with Gasteiger partial charge in [-0.05, 0) is 27.7 Å². The summed E-state index contributed by atoms with van der Waals surface area (Å²) in [6, 6.07) is 1.14. The van der Waals surface area contributed by atoms with E-state index in [4.69, 9.17) is 0 Å². The van der Waals surface area contributed by atoms with Crippen LogP contribution in [-0.2, 0) is 5.41 Å². The van der Waals surface area contributed by atoms with E-state index in [0.717, 1.165) is 24.0 Å². The van der Waals surface area contributed by atoms with Crippen LogP contribution in [0.25, 0.3) is 0 Å². The third-order valence-electron chi connectivity index (χ3n) is 3.07. The van der Waals surface area contributed by atoms with Crippen LogP contribution >= 0.6 is 11.5 Å². The molecule has 1 heterocycles. The molecular weight excluding hydrogens is 256 g/mol. The van der Waals surface area contributed by atoms with Crippen LogP contribution in [0.3, 0.4) is 0 Å². The van der Waals surface area contributed by atoms with Crippen molar-refractivity contribution < 1.29 is 0 Å². The quantitative estimate of drug-likeness (QED) is 0.869. The van der Waals surface area contributed by atoms with Crippen molar-refractivity contribution in [3.05, 3.63) is 5.82 Å². The molecule has 0 spiro atoms. The SMILES string of the molecule is CC(C)N(CCNc1nc(C(C)(C)C)ns1)C(C)C. The fourth-order valence-electron chi connectivity index (χ4n) is 2.00. The minimum Gasteiger partial charge on any atom is -0.359 e. The Hall–Kier alpha value is -0.680. The van der Waals surface area contributed by atoms with Gasteiger partial charge in [-0.25, -0.2) is 4.98 Å². The molecule has 1 N–H and O–H groups in total. The fraction of sp³-hybridized carbons (Fsp3) is 0.857. The first-order valence-electron chi connectivity index (χ1n) is 7.05. The second-order valence-corrected chi connectivity index (χ2v) is 7.28. The van der Waals surface area contributed by atoms with E-state index in [1.165, 1.54) is 11.5 Å². The number of nitrogens with zero attached hydrogens (tertiary/aromatic N) is 3. The number of hydrogen-bond donors (Lipinski definition) is 1. The summed E-state index contributed by atoms with van der Waals surface area (Å²) in [7, 11) is 0. The normalized spacial score (nSPS) is 12.7. The summed E-state index contributed by atoms with van der Waals surface area (Å²) in [5, 5.41) is 4.31. The second-order valence-electron chi connectivity index (χ2n) is 6.53. The van der Waals surface area contributed by atoms with E-state index < -0.39 is 0 Å². The lowest BCUT2D eigenvalue weighted by atomic mass is 9.96. The predicted octanol–water partition coefficient (Wildman–Crippen LogP) is 3.37. The van der Waals surface area contributed by atoms with E-state index in [9.17, 15) is 0 Å². The standard InChI is InChI=1S/C14H28N4S/c1-10(2)18(11(3)4)9-8-15-13-16-12(17-19-13)14(5,6)7/h10-11H,8-9H2,1-7H3,(H,15,16,17). The maximum absolute atomic E-state index is 4.55. The molecule has 0 saturated carbocycles. The van der Waals surface area contributed by atoms with Crippen LogP contribution in [0.4, 0.5) is 5.13 Å². The Morgan fingerprint density at radius 3 is 2.16 bits per heavy atom. The molecule has 0 radical (unpaired) electrons. The van der Waals surface area contributed by atoms with Crippen LogP contribution < -0.4 is 5.32 Å². The van der Waals surface area contributed by atoms with Crippen LogP contribution in [0, 0.1) is 0 Å². The van der Waals surface area contributed by atoms with Gasteiger partial charge in [-0.2, -0.15) is 4.37 Å². The fourth-order valence-corrected chi connectivity index (χ4v) is 2.79. The van der Waals surface area contributed by atoms with Gasteiger partial charge in [0.05, 0.1) is 0 Å². The third kappa shape index (κ3) is 5.07. The molecule has 1 aromatic heterocycles. The van der Waals surface area contributed by atoms with Gasteiger partial charge in [0.25, 0.3) is 0 Å². The number of aromatic nitrogens is 2. The molecule has 1 aromatic rings. The first kappa shape index (κ1) is 16.4. The summed E-state index contributed by atoms with van der Waals surface area (Å²) in [5.41, 5.74) is 0.0261. The summed E-state index contributed by atoms with van der Waals surface area (Å²) in [5.74, 6) is 0.921. The van der Waals surface area contributed by atoms with Crippen LogP contribution in [0.5, 0.6) is 0 Å². The molecule has 19 heavy (non-hydrogen) atoms. The molecule has 0 bridgehead atoms. The lowest BCUT2D eigenvalue weighted by molar-refractivity contribution is 0.182. The van der Waals surface area contributed by atoms with Crippen LogP contribution in [0.15, 0.2) is 0 Å². The number of rotatable bonds is 6. The average molecular weight is 284 g/mol. The van der Waals surface area contributed by atoms with E-state index >= 15 is 0 Å². The van der Waals surface area contributed by atoms with Crippen molar-refractivity contribution in [3.63, 3.8) is 0 Å². The number of nitrogens with one attached hydrogen (secondary N) is 1. The van der Waals surface area contributed by atoms with Crippen LogP contribution in [-0.4, -0.2) is 39.4 Å². The highest BCUT2D eigenvalue weighted by atomic mass is 32.1. The topological polar surface area (TPSA) is 41.0 Å². The second kappa shape index (κ2) is 6.66. The van der Waals surface area contributed by atoms with Crippen molar-refractivity contribution in [3.8, 4) is 0 Å². The third-order valence-corrected chi connectivity index (χ3v) is 3.74. The monoisotopic (exact) mass is 284 g/mol. The largest absolute Gasteiger partial charge is 0.359 e. The summed E-state index contributed by atoms with van der Waals surface area (Å²) >= 11 is 1.45. The van der Waals surface area contributed by atoms with Gasteiger partial charge in [-0.1, -0.05) is 20.8 Å². The zero-order chi connectivity index (χ0) is 14.6. The van der Waals surface area contributed by atoms with E-state index in [0.29, 0.717) is 12.1 Å². The molecule has 0 unspecified atom stereocenters. The van der Waals surface area contributed by atoms with Gasteiger partial charge in [0.15, 0.2) is 0 Å². The lowest BCUT2D eigenvalue weighted by Gasteiger charge is -2.30. The van der Waals surface area contributed by atoms with Gasteiger partial charge >= 0.3 is 0 Å². The van der Waals surface area contributed by atoms with Crippen LogP contribution in [0.2, 0.25) is 0 Å². The van der Waals surface area contributed by atoms with E-state index in [-0.39, 0.29) is 5.41 Å². The van der Waals surface area contributed by atoms with Crippen molar-refractivity contribution in [2.24, 2.45) is 0 Å². The molecule has 0 aromatic carbocycles. The molecule has 0 aliphatic heterocycles. The molecular formula is C14H28N4S. The Balaban J connectivity index is 2.47. The zero-order valence-corrected chi connectivity index (χ0v) is 14.1. The number of hydrogen-bond acceptors (Lipinski definition) is 5. The highest BCUT2D eigenvalue weighted by molar-refractivity contribution is 7.09. The maximum Gasteiger partial charge on any atom is 0.202 e. The Morgan fingerprint density at radius 2 is 1.74 bits per heavy atom. The maximum atomic E-state index is 4.55. The summed E-state index contributed by atoms with van der Waals surface area (Å²) in [6.07, 6.45) is 0. The van der Waals surface area contributed by atoms with E-state index in [1.807, 2.05) is 0 Å². The van der Waals surface area contributed by atoms with Gasteiger partial charge in [0, 0.05) is 42.1 Å². The molecule has 0 fully saturated rings. The molecule has 110 valence electrons. The minimum absolute atomic E-state index is 0.0261. The lowest BCUT2D eigenvalue weighted by Crippen LogP contribution is -2.40. The minimum atomic E-state index is 0.0261. The van der Waals surface area contributed by atoms with E-state index in [2.05, 4.69) is 68.0 Å². The van der Waals surface area contributed by atoms with Gasteiger partial charge < -0.3 is 5.32 Å². The molecule has 4 nitrogen and oxygen atoms in total. The number of anilines is 1. The van der Waals surface area contributed by atoms with Gasteiger partial charge in [-0.15, -0.1) is 0 Å². The van der Waals surface area contributed by atoms with E-state index in [1.54, 1.807) is 0 Å². The smallest absolute Gasteiger partial charge is 0.202 e. The van der Waals surface area contributed by atoms with Crippen molar-refractivity contribution >= 4 is 16.7 Å². The van der Waals surface area contributed by atoms with Gasteiger partial charge in [0.2, 0.25) is 5.13 Å². The Morgan fingerprint density at radius 1 is 1.16 bits per heavy atom. The zero-order valence-electron chi connectivity index (χ0n) is 13.3. The first-order valence-corrected chi connectivity index (χ1v) is 7.83. The van der Waals surface area contributed by atoms with Crippen molar-refractivity contribution in [2.45, 2.75) is 66.0 Å². The Bertz CT molecular complexity index is 371. The van der Waals surface area contributed by atoms with Gasteiger partial charge in [-0.3, -0.25) is 4.90 Å². The molecule has 0 aliphatic carbocycles. The van der Waals surface area contributed by atoms with Crippen molar-refractivity contribution in [1.82, 2.24) is 14.3 Å². The predicted molar refractivity (Wildman–Crippen MR) is 84.1 cm³/mol. The molecule has 0 saturated heterocycles. The average Bonchev–Trinajstić information content (AvgIpc) is 2.71. The highest BCUT2D eigenvalue weighted by Gasteiger charge is 2.19. The summed E-state index contributed by atoms with van der Waals surface area (Å²) in [6.45, 7) is 17.3. The molecule has 1 rings (SSSR count). The highest BCUT2D eigenvalue weighted by Crippen LogP contribution is 2.22. The Labute approximate surface area is 121 Å². The Kier molecular flexibility index (Phi) is 5.74. The van der Waals surface area contributed by atoms with Crippen molar-refractivity contribution in [1.29, 1.82) is 0 Å². The molecule has 0 amide bonds.